The summed E-state index contributed by atoms with van der Waals surface area (Å²) in [6.07, 6.45) is 5.65. The summed E-state index contributed by atoms with van der Waals surface area (Å²) in [5.41, 5.74) is 9.31. The van der Waals surface area contributed by atoms with Crippen molar-refractivity contribution < 1.29 is 0 Å². The van der Waals surface area contributed by atoms with E-state index < -0.39 is 0 Å². The number of rotatable bonds is 6. The number of nitrogens with one attached hydrogen (secondary N) is 3. The van der Waals surface area contributed by atoms with Crippen molar-refractivity contribution in [3.63, 3.8) is 0 Å². The Morgan fingerprint density at radius 1 is 0.970 bits per heavy atom. The molecule has 6 rings (SSSR count). The van der Waals surface area contributed by atoms with Crippen LogP contribution in [0.25, 0.3) is 55.6 Å². The number of benzene rings is 1. The summed E-state index contributed by atoms with van der Waals surface area (Å²) >= 11 is 1.69. The molecule has 162 valence electrons. The van der Waals surface area contributed by atoms with Gasteiger partial charge >= 0.3 is 0 Å². The topological polar surface area (TPSA) is 82.3 Å². The minimum absolute atomic E-state index is 0.846. The molecular formula is C26H22N6S. The molecule has 0 unspecified atom stereocenters. The largest absolute Gasteiger partial charge is 0.352 e. The van der Waals surface area contributed by atoms with Crippen molar-refractivity contribution in [2.45, 2.75) is 13.5 Å². The van der Waals surface area contributed by atoms with Crippen molar-refractivity contribution in [2.75, 3.05) is 6.54 Å². The van der Waals surface area contributed by atoms with E-state index in [0.29, 0.717) is 0 Å². The summed E-state index contributed by atoms with van der Waals surface area (Å²) in [6.45, 7) is 3.91. The molecule has 0 aliphatic carbocycles. The van der Waals surface area contributed by atoms with Crippen LogP contribution in [0.4, 0.5) is 0 Å². The molecule has 0 radical (unpaired) electrons. The maximum atomic E-state index is 4.69. The number of H-pyrrole nitrogens is 2. The van der Waals surface area contributed by atoms with E-state index in [1.165, 1.54) is 11.1 Å². The molecule has 1 aromatic carbocycles. The fourth-order valence-electron chi connectivity index (χ4n) is 4.22. The number of hydrogen-bond acceptors (Lipinski definition) is 5. The molecule has 7 heteroatoms. The molecule has 5 heterocycles. The quantitative estimate of drug-likeness (QED) is 0.290. The minimum Gasteiger partial charge on any atom is -0.352 e. The van der Waals surface area contributed by atoms with Crippen LogP contribution in [-0.4, -0.2) is 31.7 Å². The predicted octanol–water partition coefficient (Wildman–Crippen LogP) is 6.01. The maximum Gasteiger partial charge on any atom is 0.116 e. The van der Waals surface area contributed by atoms with Gasteiger partial charge in [-0.05, 0) is 52.7 Å². The highest BCUT2D eigenvalue weighted by Crippen LogP contribution is 2.34. The number of pyridine rings is 2. The van der Waals surface area contributed by atoms with Crippen molar-refractivity contribution >= 4 is 33.1 Å². The molecule has 0 spiro atoms. The Balaban J connectivity index is 1.44. The summed E-state index contributed by atoms with van der Waals surface area (Å²) in [4.78, 5) is 12.6. The Morgan fingerprint density at radius 2 is 1.94 bits per heavy atom. The van der Waals surface area contributed by atoms with Crippen molar-refractivity contribution in [3.05, 3.63) is 77.4 Å². The van der Waals surface area contributed by atoms with Crippen LogP contribution in [0.2, 0.25) is 0 Å². The van der Waals surface area contributed by atoms with Gasteiger partial charge in [-0.1, -0.05) is 25.1 Å². The maximum absolute atomic E-state index is 4.69. The van der Waals surface area contributed by atoms with Crippen LogP contribution in [0.5, 0.6) is 0 Å². The first kappa shape index (κ1) is 19.8. The lowest BCUT2D eigenvalue weighted by atomic mass is 10.0. The second kappa shape index (κ2) is 8.27. The van der Waals surface area contributed by atoms with Crippen molar-refractivity contribution in [1.82, 2.24) is 30.5 Å². The molecule has 6 nitrogen and oxygen atoms in total. The average molecular weight is 451 g/mol. The number of thiophene rings is 1. The van der Waals surface area contributed by atoms with Crippen LogP contribution in [0.3, 0.4) is 0 Å². The number of nitrogens with zero attached hydrogens (tertiary/aromatic N) is 3. The highest BCUT2D eigenvalue weighted by atomic mass is 32.1. The minimum atomic E-state index is 0.846. The first-order valence-corrected chi connectivity index (χ1v) is 11.9. The SMILES string of the molecule is CCNCc1cccc(-c2cc3c(-c4cc5c(-c6ccsc6)cncc5[nH]4)n[nH]c3cn2)c1. The highest BCUT2D eigenvalue weighted by Gasteiger charge is 2.15. The first-order chi connectivity index (χ1) is 16.3. The Kier molecular flexibility index (Phi) is 4.97. The lowest BCUT2D eigenvalue weighted by Gasteiger charge is -2.06. The molecule has 5 aromatic heterocycles. The molecule has 0 atom stereocenters. The van der Waals surface area contributed by atoms with E-state index in [9.17, 15) is 0 Å². The average Bonchev–Trinajstić information content (AvgIpc) is 3.61. The number of hydrogen-bond donors (Lipinski definition) is 3. The van der Waals surface area contributed by atoms with Gasteiger partial charge in [-0.15, -0.1) is 0 Å². The van der Waals surface area contributed by atoms with E-state index in [-0.39, 0.29) is 0 Å². The molecular weight excluding hydrogens is 428 g/mol. The lowest BCUT2D eigenvalue weighted by Crippen LogP contribution is -2.11. The van der Waals surface area contributed by atoms with Crippen molar-refractivity contribution in [2.24, 2.45) is 0 Å². The molecule has 3 N–H and O–H groups in total. The molecule has 0 amide bonds. The summed E-state index contributed by atoms with van der Waals surface area (Å²) in [5.74, 6) is 0. The van der Waals surface area contributed by atoms with Crippen LogP contribution < -0.4 is 5.32 Å². The molecule has 33 heavy (non-hydrogen) atoms. The van der Waals surface area contributed by atoms with Crippen molar-refractivity contribution in [1.29, 1.82) is 0 Å². The third-order valence-corrected chi connectivity index (χ3v) is 6.57. The molecule has 0 aliphatic heterocycles. The smallest absolute Gasteiger partial charge is 0.116 e. The van der Waals surface area contributed by atoms with Gasteiger partial charge < -0.3 is 10.3 Å². The standard InChI is InChI=1S/C26H22N6S/c1-2-27-11-16-4-3-5-17(8-16)22-10-20-25(14-29-22)31-32-26(20)23-9-19-21(18-6-7-33-15-18)12-28-13-24(19)30-23/h3-10,12-15,27,30H,2,11H2,1H3,(H,31,32). The molecule has 6 aromatic rings. The van der Waals surface area contributed by atoms with E-state index in [0.717, 1.165) is 63.1 Å². The van der Waals surface area contributed by atoms with Crippen LogP contribution in [0, 0.1) is 0 Å². The third kappa shape index (κ3) is 3.61. The monoisotopic (exact) mass is 450 g/mol. The Hall–Kier alpha value is -3.81. The summed E-state index contributed by atoms with van der Waals surface area (Å²) in [5, 5.41) is 17.5. The number of fused-ring (bicyclic) bond motifs is 2. The molecule has 0 aliphatic rings. The van der Waals surface area contributed by atoms with Gasteiger partial charge in [0.1, 0.15) is 5.69 Å². The lowest BCUT2D eigenvalue weighted by molar-refractivity contribution is 0.727. The van der Waals surface area contributed by atoms with E-state index in [2.05, 4.69) is 90.6 Å². The zero-order valence-electron chi connectivity index (χ0n) is 18.1. The summed E-state index contributed by atoms with van der Waals surface area (Å²) < 4.78 is 0. The highest BCUT2D eigenvalue weighted by molar-refractivity contribution is 7.08. The Bertz CT molecular complexity index is 1560. The fourth-order valence-corrected chi connectivity index (χ4v) is 4.87. The van der Waals surface area contributed by atoms with Crippen LogP contribution >= 0.6 is 11.3 Å². The van der Waals surface area contributed by atoms with Crippen LogP contribution in [0.15, 0.2) is 71.8 Å². The molecule has 0 bridgehead atoms. The molecule has 0 saturated carbocycles. The number of aromatic amines is 2. The van der Waals surface area contributed by atoms with E-state index in [1.54, 1.807) is 11.3 Å². The zero-order chi connectivity index (χ0) is 22.2. The predicted molar refractivity (Wildman–Crippen MR) is 135 cm³/mol. The van der Waals surface area contributed by atoms with Gasteiger partial charge in [-0.2, -0.15) is 16.4 Å². The zero-order valence-corrected chi connectivity index (χ0v) is 18.9. The summed E-state index contributed by atoms with van der Waals surface area (Å²) in [7, 11) is 0. The van der Waals surface area contributed by atoms with Gasteiger partial charge in [0.2, 0.25) is 0 Å². The Morgan fingerprint density at radius 3 is 2.82 bits per heavy atom. The fraction of sp³-hybridized carbons (Fsp3) is 0.115. The van der Waals surface area contributed by atoms with Gasteiger partial charge in [-0.25, -0.2) is 0 Å². The Labute approximate surface area is 194 Å². The third-order valence-electron chi connectivity index (χ3n) is 5.88. The van der Waals surface area contributed by atoms with E-state index in [1.807, 2.05) is 18.6 Å². The first-order valence-electron chi connectivity index (χ1n) is 10.9. The van der Waals surface area contributed by atoms with E-state index in [4.69, 9.17) is 0 Å². The summed E-state index contributed by atoms with van der Waals surface area (Å²) in [6, 6.07) is 14.9. The van der Waals surface area contributed by atoms with Gasteiger partial charge in [-0.3, -0.25) is 15.1 Å². The second-order valence-corrected chi connectivity index (χ2v) is 8.79. The van der Waals surface area contributed by atoms with Gasteiger partial charge in [0, 0.05) is 34.6 Å². The van der Waals surface area contributed by atoms with Crippen molar-refractivity contribution in [3.8, 4) is 33.8 Å². The normalized spacial score (nSPS) is 11.5. The van der Waals surface area contributed by atoms with Crippen LogP contribution in [-0.2, 0) is 6.54 Å². The van der Waals surface area contributed by atoms with Gasteiger partial charge in [0.05, 0.1) is 34.8 Å². The molecule has 0 saturated heterocycles. The second-order valence-electron chi connectivity index (χ2n) is 8.01. The number of aromatic nitrogens is 5. The molecule has 0 fully saturated rings. The van der Waals surface area contributed by atoms with E-state index >= 15 is 0 Å². The van der Waals surface area contributed by atoms with Crippen LogP contribution in [0.1, 0.15) is 12.5 Å². The van der Waals surface area contributed by atoms with Gasteiger partial charge in [0.25, 0.3) is 0 Å². The van der Waals surface area contributed by atoms with Gasteiger partial charge in [0.15, 0.2) is 0 Å².